The average Bonchev–Trinajstić information content (AvgIpc) is 2.38. The lowest BCUT2D eigenvalue weighted by atomic mass is 9.77. The van der Waals surface area contributed by atoms with E-state index in [4.69, 9.17) is 11.6 Å². The Balaban J connectivity index is 1.86. The number of halogens is 1. The van der Waals surface area contributed by atoms with Crippen molar-refractivity contribution in [2.45, 2.75) is 45.3 Å². The molecule has 1 aliphatic carbocycles. The number of rotatable bonds is 3. The molecule has 1 fully saturated rings. The number of aromatic hydroxyl groups is 1. The third kappa shape index (κ3) is 3.23. The largest absolute Gasteiger partial charge is 0.507 e. The van der Waals surface area contributed by atoms with Crippen molar-refractivity contribution in [2.75, 3.05) is 5.32 Å². The van der Waals surface area contributed by atoms with Gasteiger partial charge in [0.25, 0.3) is 0 Å². The van der Waals surface area contributed by atoms with E-state index in [1.54, 1.807) is 6.07 Å². The van der Waals surface area contributed by atoms with Crippen molar-refractivity contribution >= 4 is 17.5 Å². The topological polar surface area (TPSA) is 91.2 Å². The zero-order valence-corrected chi connectivity index (χ0v) is 14.0. The fourth-order valence-corrected chi connectivity index (χ4v) is 3.28. The minimum absolute atomic E-state index is 0.0601. The number of anilines is 1. The maximum Gasteiger partial charge on any atom is 0.243 e. The van der Waals surface area contributed by atoms with E-state index in [1.165, 1.54) is 6.07 Å². The van der Waals surface area contributed by atoms with Gasteiger partial charge in [-0.05, 0) is 51.3 Å². The van der Waals surface area contributed by atoms with Gasteiger partial charge in [0.2, 0.25) is 5.95 Å². The van der Waals surface area contributed by atoms with Crippen molar-refractivity contribution in [3.63, 3.8) is 0 Å². The molecule has 3 rings (SSSR count). The Morgan fingerprint density at radius 2 is 1.96 bits per heavy atom. The molecule has 1 aromatic heterocycles. The van der Waals surface area contributed by atoms with Gasteiger partial charge in [-0.25, -0.2) is 4.98 Å². The predicted molar refractivity (Wildman–Crippen MR) is 88.7 cm³/mol. The van der Waals surface area contributed by atoms with Crippen LogP contribution in [0.2, 0.25) is 5.02 Å². The van der Waals surface area contributed by atoms with Crippen LogP contribution >= 0.6 is 11.6 Å². The van der Waals surface area contributed by atoms with Crippen LogP contribution in [0.5, 0.6) is 5.75 Å². The Morgan fingerprint density at radius 3 is 2.52 bits per heavy atom. The molecule has 0 atom stereocenters. The van der Waals surface area contributed by atoms with Crippen LogP contribution in [0.1, 0.15) is 31.0 Å². The fourth-order valence-electron chi connectivity index (χ4n) is 3.02. The number of aromatic nitrogens is 3. The summed E-state index contributed by atoms with van der Waals surface area (Å²) in [7, 11) is 0. The second-order valence-corrected chi connectivity index (χ2v) is 6.87. The van der Waals surface area contributed by atoms with Gasteiger partial charge in [-0.3, -0.25) is 0 Å². The van der Waals surface area contributed by atoms with Gasteiger partial charge in [-0.1, -0.05) is 11.6 Å². The van der Waals surface area contributed by atoms with Crippen LogP contribution in [0.3, 0.4) is 0 Å². The number of aryl methyl sites for hydroxylation is 2. The molecule has 0 unspecified atom stereocenters. The van der Waals surface area contributed by atoms with E-state index in [2.05, 4.69) is 20.5 Å². The Labute approximate surface area is 139 Å². The quantitative estimate of drug-likeness (QED) is 0.799. The maximum absolute atomic E-state index is 10.1. The van der Waals surface area contributed by atoms with Crippen LogP contribution in [0.25, 0.3) is 11.3 Å². The summed E-state index contributed by atoms with van der Waals surface area (Å²) in [6, 6.07) is 3.40. The van der Waals surface area contributed by atoms with Crippen LogP contribution < -0.4 is 5.32 Å². The predicted octanol–water partition coefficient (Wildman–Crippen LogP) is 2.84. The molecule has 3 N–H and O–H groups in total. The monoisotopic (exact) mass is 334 g/mol. The lowest BCUT2D eigenvalue weighted by molar-refractivity contribution is -0.0236. The summed E-state index contributed by atoms with van der Waals surface area (Å²) in [6.45, 7) is 5.48. The van der Waals surface area contributed by atoms with Gasteiger partial charge in [0.1, 0.15) is 11.4 Å². The van der Waals surface area contributed by atoms with Crippen molar-refractivity contribution < 1.29 is 10.2 Å². The summed E-state index contributed by atoms with van der Waals surface area (Å²) in [5.74, 6) is 0.489. The maximum atomic E-state index is 10.1. The van der Waals surface area contributed by atoms with Crippen molar-refractivity contribution in [1.29, 1.82) is 0 Å². The van der Waals surface area contributed by atoms with E-state index >= 15 is 0 Å². The third-order valence-corrected chi connectivity index (χ3v) is 4.30. The molecule has 122 valence electrons. The molecule has 1 heterocycles. The second-order valence-electron chi connectivity index (χ2n) is 6.43. The van der Waals surface area contributed by atoms with Gasteiger partial charge in [-0.15, -0.1) is 10.2 Å². The SMILES string of the molecule is Cc1cc(Cl)cc(O)c1-c1nnc(NC2CC(C)(O)C2)nc1C. The van der Waals surface area contributed by atoms with Gasteiger partial charge in [0.15, 0.2) is 0 Å². The summed E-state index contributed by atoms with van der Waals surface area (Å²) in [4.78, 5) is 4.41. The molecular formula is C16H19ClN4O2. The first-order chi connectivity index (χ1) is 10.7. The molecule has 23 heavy (non-hydrogen) atoms. The number of phenolic OH excluding ortho intramolecular Hbond substituents is 1. The zero-order valence-electron chi connectivity index (χ0n) is 13.3. The van der Waals surface area contributed by atoms with E-state index in [1.807, 2.05) is 20.8 Å². The number of nitrogens with zero attached hydrogens (tertiary/aromatic N) is 3. The second kappa shape index (κ2) is 5.62. The Morgan fingerprint density at radius 1 is 1.26 bits per heavy atom. The normalized spacial score (nSPS) is 23.4. The lowest BCUT2D eigenvalue weighted by Crippen LogP contribution is -2.48. The summed E-state index contributed by atoms with van der Waals surface area (Å²) in [5.41, 5.74) is 1.99. The molecular weight excluding hydrogens is 316 g/mol. The highest BCUT2D eigenvalue weighted by Crippen LogP contribution is 2.36. The van der Waals surface area contributed by atoms with Crippen molar-refractivity contribution in [3.05, 3.63) is 28.4 Å². The number of benzene rings is 1. The molecule has 6 nitrogen and oxygen atoms in total. The summed E-state index contributed by atoms with van der Waals surface area (Å²) >= 11 is 5.94. The molecule has 7 heteroatoms. The highest BCUT2D eigenvalue weighted by molar-refractivity contribution is 6.31. The highest BCUT2D eigenvalue weighted by Gasteiger charge is 2.38. The van der Waals surface area contributed by atoms with Gasteiger partial charge in [0, 0.05) is 16.6 Å². The molecule has 0 bridgehead atoms. The molecule has 1 aromatic carbocycles. The van der Waals surface area contributed by atoms with E-state index in [9.17, 15) is 10.2 Å². The number of aliphatic hydroxyl groups is 1. The Kier molecular flexibility index (Phi) is 3.90. The molecule has 0 radical (unpaired) electrons. The number of phenols is 1. The zero-order chi connectivity index (χ0) is 16.8. The number of hydrogen-bond acceptors (Lipinski definition) is 6. The van der Waals surface area contributed by atoms with Crippen LogP contribution in [-0.2, 0) is 0 Å². The van der Waals surface area contributed by atoms with Crippen molar-refractivity contribution in [1.82, 2.24) is 15.2 Å². The van der Waals surface area contributed by atoms with Gasteiger partial charge in [0.05, 0.1) is 11.3 Å². The average molecular weight is 335 g/mol. The van der Waals surface area contributed by atoms with Gasteiger partial charge >= 0.3 is 0 Å². The number of nitrogens with one attached hydrogen (secondary N) is 1. The van der Waals surface area contributed by atoms with Crippen LogP contribution in [0.4, 0.5) is 5.95 Å². The molecule has 0 aliphatic heterocycles. The molecule has 0 saturated heterocycles. The van der Waals surface area contributed by atoms with E-state index < -0.39 is 5.60 Å². The fraction of sp³-hybridized carbons (Fsp3) is 0.438. The minimum Gasteiger partial charge on any atom is -0.507 e. The Bertz CT molecular complexity index is 733. The highest BCUT2D eigenvalue weighted by atomic mass is 35.5. The summed E-state index contributed by atoms with van der Waals surface area (Å²) in [5, 5.41) is 31.8. The van der Waals surface area contributed by atoms with Crippen molar-refractivity contribution in [3.8, 4) is 17.0 Å². The lowest BCUT2D eigenvalue weighted by Gasteiger charge is -2.41. The van der Waals surface area contributed by atoms with Gasteiger partial charge in [-0.2, -0.15) is 0 Å². The standard InChI is InChI=1S/C16H19ClN4O2/c1-8-4-10(17)5-12(22)13(8)14-9(2)18-15(21-20-14)19-11-6-16(3,23)7-11/h4-5,11,22-23H,6-7H2,1-3H3,(H,18,19,21). The molecule has 1 saturated carbocycles. The van der Waals surface area contributed by atoms with E-state index in [0.29, 0.717) is 40.8 Å². The van der Waals surface area contributed by atoms with Crippen molar-refractivity contribution in [2.24, 2.45) is 0 Å². The smallest absolute Gasteiger partial charge is 0.243 e. The molecule has 0 amide bonds. The molecule has 0 spiro atoms. The van der Waals surface area contributed by atoms with Crippen LogP contribution in [0, 0.1) is 13.8 Å². The van der Waals surface area contributed by atoms with E-state index in [0.717, 1.165) is 5.56 Å². The number of hydrogen-bond donors (Lipinski definition) is 3. The van der Waals surface area contributed by atoms with Crippen LogP contribution in [0.15, 0.2) is 12.1 Å². The minimum atomic E-state index is -0.605. The summed E-state index contributed by atoms with van der Waals surface area (Å²) < 4.78 is 0. The molecule has 2 aromatic rings. The van der Waals surface area contributed by atoms with Crippen LogP contribution in [-0.4, -0.2) is 37.0 Å². The first-order valence-corrected chi connectivity index (χ1v) is 7.83. The first kappa shape index (κ1) is 16.0. The summed E-state index contributed by atoms with van der Waals surface area (Å²) in [6.07, 6.45) is 1.32. The Hall–Kier alpha value is -1.92. The van der Waals surface area contributed by atoms with E-state index in [-0.39, 0.29) is 11.8 Å². The molecule has 1 aliphatic rings. The van der Waals surface area contributed by atoms with Gasteiger partial charge < -0.3 is 15.5 Å². The third-order valence-electron chi connectivity index (χ3n) is 4.08. The first-order valence-electron chi connectivity index (χ1n) is 7.45.